The second-order valence-electron chi connectivity index (χ2n) is 7.50. The van der Waals surface area contributed by atoms with E-state index in [1.807, 2.05) is 35.7 Å². The van der Waals surface area contributed by atoms with E-state index in [-0.39, 0.29) is 22.8 Å². The fraction of sp³-hybridized carbons (Fsp3) is 0.0370. The van der Waals surface area contributed by atoms with E-state index in [0.717, 1.165) is 16.0 Å². The zero-order valence-electron chi connectivity index (χ0n) is 18.7. The third kappa shape index (κ3) is 5.81. The van der Waals surface area contributed by atoms with Gasteiger partial charge in [-0.15, -0.1) is 23.1 Å². The molecule has 0 spiro atoms. The molecule has 4 rings (SSSR count). The lowest BCUT2D eigenvalue weighted by atomic mass is 10.1. The number of carboxylic acids is 1. The lowest BCUT2D eigenvalue weighted by molar-refractivity contribution is -0.113. The third-order valence-corrected chi connectivity index (χ3v) is 6.99. The van der Waals surface area contributed by atoms with Crippen molar-refractivity contribution in [2.75, 3.05) is 16.4 Å². The van der Waals surface area contributed by atoms with E-state index >= 15 is 0 Å². The van der Waals surface area contributed by atoms with Crippen LogP contribution < -0.4 is 10.6 Å². The highest BCUT2D eigenvalue weighted by atomic mass is 32.2. The molecule has 1 heterocycles. The molecule has 0 radical (unpaired) electrons. The number of nitriles is 1. The van der Waals surface area contributed by atoms with Gasteiger partial charge in [0.1, 0.15) is 11.1 Å². The molecular formula is C27H19N3O4S2. The van der Waals surface area contributed by atoms with Crippen LogP contribution in [0.3, 0.4) is 0 Å². The third-order valence-electron chi connectivity index (χ3n) is 5.10. The Bertz CT molecular complexity index is 1480. The summed E-state index contributed by atoms with van der Waals surface area (Å²) in [6, 6.07) is 24.6. The minimum atomic E-state index is -1.18. The molecule has 1 aromatic heterocycles. The number of hydrogen-bond acceptors (Lipinski definition) is 6. The number of carbonyl (C=O) groups excluding carboxylic acids is 2. The number of benzene rings is 3. The van der Waals surface area contributed by atoms with Gasteiger partial charge in [-0.2, -0.15) is 5.26 Å². The number of nitrogens with one attached hydrogen (secondary N) is 2. The molecule has 0 atom stereocenters. The zero-order chi connectivity index (χ0) is 25.5. The molecule has 0 fully saturated rings. The first-order valence-corrected chi connectivity index (χ1v) is 12.6. The number of aromatic carboxylic acids is 1. The summed E-state index contributed by atoms with van der Waals surface area (Å²) in [5, 5.41) is 26.8. The summed E-state index contributed by atoms with van der Waals surface area (Å²) in [6.07, 6.45) is 0. The highest BCUT2D eigenvalue weighted by molar-refractivity contribution is 8.00. The predicted molar refractivity (Wildman–Crippen MR) is 142 cm³/mol. The molecular weight excluding hydrogens is 494 g/mol. The molecule has 2 amide bonds. The summed E-state index contributed by atoms with van der Waals surface area (Å²) < 4.78 is 0. The van der Waals surface area contributed by atoms with Crippen LogP contribution in [-0.2, 0) is 4.79 Å². The highest BCUT2D eigenvalue weighted by Crippen LogP contribution is 2.35. The average Bonchev–Trinajstić information content (AvgIpc) is 3.30. The van der Waals surface area contributed by atoms with Gasteiger partial charge in [0.05, 0.1) is 22.4 Å². The van der Waals surface area contributed by atoms with Crippen LogP contribution in [0.1, 0.15) is 26.3 Å². The van der Waals surface area contributed by atoms with E-state index in [4.69, 9.17) is 0 Å². The van der Waals surface area contributed by atoms with Crippen LogP contribution in [0.15, 0.2) is 89.1 Å². The van der Waals surface area contributed by atoms with E-state index in [0.29, 0.717) is 16.3 Å². The summed E-state index contributed by atoms with van der Waals surface area (Å²) in [7, 11) is 0. The van der Waals surface area contributed by atoms with E-state index in [9.17, 15) is 24.8 Å². The van der Waals surface area contributed by atoms with Crippen molar-refractivity contribution in [3.63, 3.8) is 0 Å². The molecule has 0 saturated carbocycles. The van der Waals surface area contributed by atoms with Crippen molar-refractivity contribution in [2.45, 2.75) is 4.90 Å². The summed E-state index contributed by atoms with van der Waals surface area (Å²) in [5.74, 6) is -1.88. The predicted octanol–water partition coefficient (Wildman–Crippen LogP) is 5.97. The Labute approximate surface area is 215 Å². The Kier molecular flexibility index (Phi) is 7.80. The quantitative estimate of drug-likeness (QED) is 0.250. The van der Waals surface area contributed by atoms with Gasteiger partial charge in [-0.1, -0.05) is 48.5 Å². The minimum Gasteiger partial charge on any atom is -0.478 e. The van der Waals surface area contributed by atoms with Crippen LogP contribution in [0.5, 0.6) is 0 Å². The van der Waals surface area contributed by atoms with Crippen molar-refractivity contribution in [3.8, 4) is 17.2 Å². The Balaban J connectivity index is 1.39. The van der Waals surface area contributed by atoms with Crippen molar-refractivity contribution >= 4 is 51.6 Å². The van der Waals surface area contributed by atoms with Gasteiger partial charge in [0.2, 0.25) is 5.91 Å². The Hall–Kier alpha value is -4.39. The summed E-state index contributed by atoms with van der Waals surface area (Å²) in [6.45, 7) is 0. The molecule has 4 aromatic rings. The van der Waals surface area contributed by atoms with Gasteiger partial charge < -0.3 is 15.7 Å². The summed E-state index contributed by atoms with van der Waals surface area (Å²) >= 11 is 2.58. The monoisotopic (exact) mass is 513 g/mol. The van der Waals surface area contributed by atoms with Gasteiger partial charge in [0.15, 0.2) is 0 Å². The number of anilines is 2. The number of nitrogens with zero attached hydrogens (tertiary/aromatic N) is 1. The van der Waals surface area contributed by atoms with Gasteiger partial charge in [-0.3, -0.25) is 9.59 Å². The number of carboxylic acid groups (broad SMARTS) is 1. The molecule has 0 aliphatic heterocycles. The standard InChI is InChI=1S/C27H19N3O4S2/c28-14-22-23(17-7-2-1-3-8-17)15-36-26(22)30-24(31)16-35-19-10-6-9-18(13-19)29-25(32)20-11-4-5-12-21(20)27(33)34/h1-13,15H,16H2,(H,29,32)(H,30,31)(H,33,34). The average molecular weight is 514 g/mol. The van der Waals surface area contributed by atoms with Gasteiger partial charge in [0.25, 0.3) is 5.91 Å². The summed E-state index contributed by atoms with van der Waals surface area (Å²) in [5.41, 5.74) is 2.56. The van der Waals surface area contributed by atoms with Gasteiger partial charge >= 0.3 is 5.97 Å². The van der Waals surface area contributed by atoms with Gasteiger partial charge in [-0.05, 0) is 35.9 Å². The molecule has 3 aromatic carbocycles. The first kappa shape index (κ1) is 24.7. The van der Waals surface area contributed by atoms with Crippen LogP contribution >= 0.6 is 23.1 Å². The van der Waals surface area contributed by atoms with Gasteiger partial charge in [0, 0.05) is 21.5 Å². The number of thiophene rings is 1. The van der Waals surface area contributed by atoms with Crippen LogP contribution in [0.25, 0.3) is 11.1 Å². The van der Waals surface area contributed by atoms with Crippen molar-refractivity contribution in [3.05, 3.63) is 101 Å². The van der Waals surface area contributed by atoms with Crippen molar-refractivity contribution in [1.29, 1.82) is 5.26 Å². The van der Waals surface area contributed by atoms with Crippen LogP contribution in [0.2, 0.25) is 0 Å². The molecule has 0 saturated heterocycles. The lowest BCUT2D eigenvalue weighted by Crippen LogP contribution is -2.16. The van der Waals surface area contributed by atoms with E-state index < -0.39 is 11.9 Å². The molecule has 0 aliphatic carbocycles. The topological polar surface area (TPSA) is 119 Å². The van der Waals surface area contributed by atoms with E-state index in [1.54, 1.807) is 36.4 Å². The fourth-order valence-corrected chi connectivity index (χ4v) is 5.12. The Morgan fingerprint density at radius 2 is 1.64 bits per heavy atom. The lowest BCUT2D eigenvalue weighted by Gasteiger charge is -2.09. The normalized spacial score (nSPS) is 10.3. The maximum atomic E-state index is 12.6. The number of carbonyl (C=O) groups is 3. The number of thioether (sulfide) groups is 1. The Morgan fingerprint density at radius 1 is 0.917 bits per heavy atom. The molecule has 0 bridgehead atoms. The molecule has 36 heavy (non-hydrogen) atoms. The smallest absolute Gasteiger partial charge is 0.336 e. The number of amides is 2. The van der Waals surface area contributed by atoms with Crippen LogP contribution in [-0.4, -0.2) is 28.6 Å². The van der Waals surface area contributed by atoms with Crippen molar-refractivity contribution in [1.82, 2.24) is 0 Å². The Morgan fingerprint density at radius 3 is 2.36 bits per heavy atom. The van der Waals surface area contributed by atoms with E-state index in [2.05, 4.69) is 16.7 Å². The fourth-order valence-electron chi connectivity index (χ4n) is 3.43. The van der Waals surface area contributed by atoms with Gasteiger partial charge in [-0.25, -0.2) is 4.79 Å². The summed E-state index contributed by atoms with van der Waals surface area (Å²) in [4.78, 5) is 37.3. The second-order valence-corrected chi connectivity index (χ2v) is 9.43. The molecule has 3 N–H and O–H groups in total. The van der Waals surface area contributed by atoms with Crippen molar-refractivity contribution < 1.29 is 19.5 Å². The van der Waals surface area contributed by atoms with Crippen molar-refractivity contribution in [2.24, 2.45) is 0 Å². The first-order chi connectivity index (χ1) is 17.5. The zero-order valence-corrected chi connectivity index (χ0v) is 20.4. The first-order valence-electron chi connectivity index (χ1n) is 10.7. The van der Waals surface area contributed by atoms with E-state index in [1.165, 1.54) is 35.2 Å². The SMILES string of the molecule is N#Cc1c(-c2ccccc2)csc1NC(=O)CSc1cccc(NC(=O)c2ccccc2C(=O)O)c1. The van der Waals surface area contributed by atoms with Crippen LogP contribution in [0.4, 0.5) is 10.7 Å². The number of hydrogen-bond donors (Lipinski definition) is 3. The molecule has 0 unspecified atom stereocenters. The maximum Gasteiger partial charge on any atom is 0.336 e. The minimum absolute atomic E-state index is 0.0570. The largest absolute Gasteiger partial charge is 0.478 e. The molecule has 0 aliphatic rings. The highest BCUT2D eigenvalue weighted by Gasteiger charge is 2.17. The number of rotatable bonds is 8. The molecule has 178 valence electrons. The molecule has 9 heteroatoms. The maximum absolute atomic E-state index is 12.6. The van der Waals surface area contributed by atoms with Crippen LogP contribution in [0, 0.1) is 11.3 Å². The molecule has 7 nitrogen and oxygen atoms in total. The second kappa shape index (κ2) is 11.4.